The molecule has 0 amide bonds. The fourth-order valence-corrected chi connectivity index (χ4v) is 3.22. The molecule has 1 aromatic carbocycles. The summed E-state index contributed by atoms with van der Waals surface area (Å²) in [7, 11) is 0. The molecule has 104 valence electrons. The van der Waals surface area contributed by atoms with Gasteiger partial charge >= 0.3 is 0 Å². The molecule has 0 spiro atoms. The van der Waals surface area contributed by atoms with Crippen LogP contribution in [-0.2, 0) is 16.0 Å². The van der Waals surface area contributed by atoms with Crippen LogP contribution in [0.3, 0.4) is 0 Å². The highest BCUT2D eigenvalue weighted by Gasteiger charge is 2.39. The van der Waals surface area contributed by atoms with Gasteiger partial charge < -0.3 is 4.74 Å². The summed E-state index contributed by atoms with van der Waals surface area (Å²) >= 11 is 1.32. The maximum atomic E-state index is 12.4. The van der Waals surface area contributed by atoms with Crippen molar-refractivity contribution >= 4 is 16.9 Å². The van der Waals surface area contributed by atoms with Crippen LogP contribution in [0.5, 0.6) is 0 Å². The Kier molecular flexibility index (Phi) is 5.02. The molecule has 0 radical (unpaired) electrons. The summed E-state index contributed by atoms with van der Waals surface area (Å²) in [6.07, 6.45) is 2.62. The number of carbonyl (C=O) groups is 1. The van der Waals surface area contributed by atoms with E-state index in [0.29, 0.717) is 13.2 Å². The van der Waals surface area contributed by atoms with Gasteiger partial charge in [0.25, 0.3) is 0 Å². The van der Waals surface area contributed by atoms with E-state index in [4.69, 9.17) is 4.74 Å². The molecule has 2 rings (SSSR count). The Morgan fingerprint density at radius 1 is 1.32 bits per heavy atom. The summed E-state index contributed by atoms with van der Waals surface area (Å²) in [6, 6.07) is 10.2. The zero-order valence-electron chi connectivity index (χ0n) is 11.6. The highest BCUT2D eigenvalue weighted by molar-refractivity contribution is 8.13. The van der Waals surface area contributed by atoms with Crippen LogP contribution < -0.4 is 0 Å². The standard InChI is InChI=1S/C15H21NO2S/c1-15(14(17)19-2,16-8-10-18-11-9-16)12-13-6-4-3-5-7-13/h3-7H,8-12H2,1-2H3. The minimum absolute atomic E-state index is 0.234. The second kappa shape index (κ2) is 6.55. The van der Waals surface area contributed by atoms with Crippen molar-refractivity contribution in [1.82, 2.24) is 4.90 Å². The number of nitrogens with zero attached hydrogens (tertiary/aromatic N) is 1. The second-order valence-electron chi connectivity index (χ2n) is 5.03. The van der Waals surface area contributed by atoms with E-state index in [1.165, 1.54) is 17.3 Å². The monoisotopic (exact) mass is 279 g/mol. The highest BCUT2D eigenvalue weighted by atomic mass is 32.2. The number of benzene rings is 1. The average molecular weight is 279 g/mol. The second-order valence-corrected chi connectivity index (χ2v) is 5.81. The Morgan fingerprint density at radius 2 is 1.95 bits per heavy atom. The zero-order chi connectivity index (χ0) is 13.7. The summed E-state index contributed by atoms with van der Waals surface area (Å²) in [6.45, 7) is 5.15. The molecule has 1 aliphatic heterocycles. The molecule has 1 fully saturated rings. The van der Waals surface area contributed by atoms with E-state index < -0.39 is 5.54 Å². The fraction of sp³-hybridized carbons (Fsp3) is 0.533. The molecule has 1 heterocycles. The molecule has 1 aromatic rings. The average Bonchev–Trinajstić information content (AvgIpc) is 2.48. The van der Waals surface area contributed by atoms with Crippen LogP contribution in [0, 0.1) is 0 Å². The quantitative estimate of drug-likeness (QED) is 0.845. The van der Waals surface area contributed by atoms with Crippen molar-refractivity contribution in [3.63, 3.8) is 0 Å². The predicted octanol–water partition coefficient (Wildman–Crippen LogP) is 2.21. The summed E-state index contributed by atoms with van der Waals surface area (Å²) < 4.78 is 5.40. The minimum Gasteiger partial charge on any atom is -0.379 e. The lowest BCUT2D eigenvalue weighted by Gasteiger charge is -2.41. The van der Waals surface area contributed by atoms with Gasteiger partial charge in [-0.3, -0.25) is 9.69 Å². The highest BCUT2D eigenvalue weighted by Crippen LogP contribution is 2.27. The molecule has 0 aromatic heterocycles. The van der Waals surface area contributed by atoms with E-state index in [-0.39, 0.29) is 5.12 Å². The molecular formula is C15H21NO2S. The Labute approximate surface area is 119 Å². The molecule has 0 bridgehead atoms. The van der Waals surface area contributed by atoms with Crippen LogP contribution in [0.25, 0.3) is 0 Å². The molecule has 19 heavy (non-hydrogen) atoms. The van der Waals surface area contributed by atoms with Gasteiger partial charge in [0.15, 0.2) is 0 Å². The largest absolute Gasteiger partial charge is 0.379 e. The lowest BCUT2D eigenvalue weighted by Crippen LogP contribution is -2.56. The molecule has 0 saturated carbocycles. The third-order valence-corrected chi connectivity index (χ3v) is 4.54. The number of hydrogen-bond acceptors (Lipinski definition) is 4. The molecule has 3 nitrogen and oxygen atoms in total. The third kappa shape index (κ3) is 3.38. The van der Waals surface area contributed by atoms with Crippen molar-refractivity contribution in [3.05, 3.63) is 35.9 Å². The first-order valence-electron chi connectivity index (χ1n) is 6.62. The van der Waals surface area contributed by atoms with Gasteiger partial charge in [-0.15, -0.1) is 0 Å². The van der Waals surface area contributed by atoms with Gasteiger partial charge in [-0.1, -0.05) is 42.1 Å². The van der Waals surface area contributed by atoms with Crippen LogP contribution in [0.4, 0.5) is 0 Å². The van der Waals surface area contributed by atoms with E-state index in [0.717, 1.165) is 19.5 Å². The SMILES string of the molecule is CSC(=O)C(C)(Cc1ccccc1)N1CCOCC1. The molecule has 0 N–H and O–H groups in total. The Bertz CT molecular complexity index is 417. The van der Waals surface area contributed by atoms with Crippen molar-refractivity contribution in [2.24, 2.45) is 0 Å². The number of hydrogen-bond donors (Lipinski definition) is 0. The van der Waals surface area contributed by atoms with Gasteiger partial charge in [-0.05, 0) is 25.2 Å². The summed E-state index contributed by atoms with van der Waals surface area (Å²) in [5, 5.41) is 0.234. The predicted molar refractivity (Wildman–Crippen MR) is 79.5 cm³/mol. The van der Waals surface area contributed by atoms with E-state index in [2.05, 4.69) is 24.0 Å². The normalized spacial score (nSPS) is 19.9. The summed E-state index contributed by atoms with van der Waals surface area (Å²) in [4.78, 5) is 14.7. The van der Waals surface area contributed by atoms with Gasteiger partial charge in [-0.25, -0.2) is 0 Å². The van der Waals surface area contributed by atoms with Gasteiger partial charge in [0.2, 0.25) is 5.12 Å². The number of carbonyl (C=O) groups excluding carboxylic acids is 1. The lowest BCUT2D eigenvalue weighted by atomic mass is 9.91. The summed E-state index contributed by atoms with van der Waals surface area (Å²) in [5.41, 5.74) is 0.767. The molecule has 0 aliphatic carbocycles. The van der Waals surface area contributed by atoms with Crippen LogP contribution >= 0.6 is 11.8 Å². The van der Waals surface area contributed by atoms with Crippen LogP contribution in [0.2, 0.25) is 0 Å². The van der Waals surface area contributed by atoms with E-state index in [9.17, 15) is 4.79 Å². The Hall–Kier alpha value is -0.840. The van der Waals surface area contributed by atoms with Gasteiger partial charge in [0, 0.05) is 13.1 Å². The van der Waals surface area contributed by atoms with Gasteiger partial charge in [0.1, 0.15) is 0 Å². The molecule has 4 heteroatoms. The van der Waals surface area contributed by atoms with Crippen LogP contribution in [-0.4, -0.2) is 48.1 Å². The van der Waals surface area contributed by atoms with Crippen LogP contribution in [0.15, 0.2) is 30.3 Å². The van der Waals surface area contributed by atoms with Crippen LogP contribution in [0.1, 0.15) is 12.5 Å². The number of thioether (sulfide) groups is 1. The maximum Gasteiger partial charge on any atom is 0.208 e. The Morgan fingerprint density at radius 3 is 2.53 bits per heavy atom. The zero-order valence-corrected chi connectivity index (χ0v) is 12.4. The first-order chi connectivity index (χ1) is 9.16. The van der Waals surface area contributed by atoms with Crippen molar-refractivity contribution in [1.29, 1.82) is 0 Å². The smallest absolute Gasteiger partial charge is 0.208 e. The molecule has 1 atom stereocenters. The molecular weight excluding hydrogens is 258 g/mol. The van der Waals surface area contributed by atoms with Gasteiger partial charge in [-0.2, -0.15) is 0 Å². The lowest BCUT2D eigenvalue weighted by molar-refractivity contribution is -0.124. The number of morpholine rings is 1. The van der Waals surface area contributed by atoms with Crippen molar-refractivity contribution < 1.29 is 9.53 Å². The first kappa shape index (κ1) is 14.6. The number of rotatable bonds is 4. The maximum absolute atomic E-state index is 12.4. The van der Waals surface area contributed by atoms with Crippen molar-refractivity contribution in [2.75, 3.05) is 32.6 Å². The summed E-state index contributed by atoms with van der Waals surface area (Å²) in [5.74, 6) is 0. The number of ether oxygens (including phenoxy) is 1. The molecule has 1 unspecified atom stereocenters. The molecule has 1 saturated heterocycles. The minimum atomic E-state index is -0.440. The van der Waals surface area contributed by atoms with Crippen molar-refractivity contribution in [3.8, 4) is 0 Å². The van der Waals surface area contributed by atoms with Gasteiger partial charge in [0.05, 0.1) is 18.8 Å². The third-order valence-electron chi connectivity index (χ3n) is 3.73. The topological polar surface area (TPSA) is 29.5 Å². The molecule has 1 aliphatic rings. The Balaban J connectivity index is 2.21. The van der Waals surface area contributed by atoms with E-state index in [1.807, 2.05) is 24.5 Å². The first-order valence-corrected chi connectivity index (χ1v) is 7.84. The van der Waals surface area contributed by atoms with E-state index >= 15 is 0 Å². The fourth-order valence-electron chi connectivity index (χ4n) is 2.58. The van der Waals surface area contributed by atoms with E-state index in [1.54, 1.807) is 0 Å². The van der Waals surface area contributed by atoms with Crippen molar-refractivity contribution in [2.45, 2.75) is 18.9 Å².